The largest absolute Gasteiger partial charge is 0.358 e. The van der Waals surface area contributed by atoms with Crippen LogP contribution < -0.4 is 0 Å². The van der Waals surface area contributed by atoms with Crippen LogP contribution in [0.2, 0.25) is 0 Å². The Kier molecular flexibility index (Phi) is 75.9. The fourth-order valence-corrected chi connectivity index (χ4v) is 1.07. The van der Waals surface area contributed by atoms with Crippen LogP contribution in [0.4, 0.5) is 0 Å². The van der Waals surface area contributed by atoms with Crippen molar-refractivity contribution in [2.75, 3.05) is 0 Å². The first kappa shape index (κ1) is 49.7. The van der Waals surface area contributed by atoms with Crippen molar-refractivity contribution in [2.45, 2.75) is 20.3 Å². The monoisotopic (exact) mass is 365 g/mol. The molecule has 0 unspecified atom stereocenters. The zero-order chi connectivity index (χ0) is 9.52. The second-order valence-corrected chi connectivity index (χ2v) is 3.02. The molecule has 21 heavy (non-hydrogen) atoms. The van der Waals surface area contributed by atoms with Crippen molar-refractivity contribution < 1.29 is 21.7 Å². The molecule has 0 nitrogen and oxygen atoms in total. The molecule has 0 N–H and O–H groups in total. The van der Waals surface area contributed by atoms with Crippen LogP contribution in [0.15, 0.2) is 36.4 Å². The molecular weight excluding hydrogens is 335 g/mol. The summed E-state index contributed by atoms with van der Waals surface area (Å²) in [5.74, 6) is 0. The van der Waals surface area contributed by atoms with Gasteiger partial charge in [0.25, 0.3) is 0 Å². The Labute approximate surface area is 163 Å². The van der Waals surface area contributed by atoms with Crippen molar-refractivity contribution in [2.24, 2.45) is 0 Å². The van der Waals surface area contributed by atoms with Crippen LogP contribution in [0.3, 0.4) is 0 Å². The summed E-state index contributed by atoms with van der Waals surface area (Å²) in [5.41, 5.74) is 2.43. The van der Waals surface area contributed by atoms with Crippen LogP contribution in [0.5, 0.6) is 0 Å². The molecule has 0 atom stereocenters. The average Bonchev–Trinajstić information content (AvgIpc) is 2.59. The molecule has 2 rings (SSSR count). The molecule has 1 aliphatic rings. The fraction of sp³-hybridized carbons (Fsp3) is 0.167. The minimum Gasteiger partial charge on any atom is -0.358 e. The standard InChI is InChI=1S/C8H9.C5H5.5CH3.2ClH.Ti/c1-7-4-3-5-8(2)6-7;1-2-4-5-3-1;;;;;;;;/h3-5H,1-2H3;1-3H,4H2;5*1H3;2*1H;/q7*-1;;;. The Morgan fingerprint density at radius 3 is 1.43 bits per heavy atom. The molecule has 0 aliphatic heterocycles. The molecule has 0 heterocycles. The van der Waals surface area contributed by atoms with Crippen molar-refractivity contribution in [3.63, 3.8) is 0 Å². The number of rotatable bonds is 0. The summed E-state index contributed by atoms with van der Waals surface area (Å²) in [7, 11) is 0. The number of hydrogen-bond acceptors (Lipinski definition) is 0. The predicted octanol–water partition coefficient (Wildman–Crippen LogP) is 6.50. The molecule has 0 saturated carbocycles. The molecule has 1 aromatic rings. The van der Waals surface area contributed by atoms with E-state index in [4.69, 9.17) is 0 Å². The molecule has 0 spiro atoms. The fourth-order valence-electron chi connectivity index (χ4n) is 1.07. The van der Waals surface area contributed by atoms with E-state index in [-0.39, 0.29) is 83.7 Å². The third kappa shape index (κ3) is 28.8. The zero-order valence-corrected chi connectivity index (χ0v) is 17.7. The smallest absolute Gasteiger partial charge is 0 e. The molecular formula is C18H31Cl2Ti-7. The molecule has 3 heteroatoms. The van der Waals surface area contributed by atoms with Crippen molar-refractivity contribution >= 4 is 24.8 Å². The Hall–Kier alpha value is -0.00571. The van der Waals surface area contributed by atoms with E-state index >= 15 is 0 Å². The quantitative estimate of drug-likeness (QED) is 0.363. The number of benzene rings is 1. The summed E-state index contributed by atoms with van der Waals surface area (Å²) in [4.78, 5) is 0. The van der Waals surface area contributed by atoms with Crippen LogP contribution in [-0.4, -0.2) is 0 Å². The number of halogens is 2. The Balaban J connectivity index is -0.0000000201. The van der Waals surface area contributed by atoms with Crippen LogP contribution in [0.1, 0.15) is 17.5 Å². The summed E-state index contributed by atoms with van der Waals surface area (Å²) in [5, 5.41) is 0. The molecule has 128 valence electrons. The average molecular weight is 366 g/mol. The van der Waals surface area contributed by atoms with Gasteiger partial charge < -0.3 is 37.1 Å². The normalized spacial score (nSPS) is 7.71. The second kappa shape index (κ2) is 32.1. The number of hydrogen-bond donors (Lipinski definition) is 0. The zero-order valence-electron chi connectivity index (χ0n) is 14.5. The van der Waals surface area contributed by atoms with Gasteiger partial charge in [0.15, 0.2) is 0 Å². The molecule has 1 aliphatic carbocycles. The summed E-state index contributed by atoms with van der Waals surface area (Å²) in [6, 6.07) is 9.31. The van der Waals surface area contributed by atoms with E-state index in [0.717, 1.165) is 6.42 Å². The van der Waals surface area contributed by atoms with Crippen LogP contribution in [0.25, 0.3) is 0 Å². The van der Waals surface area contributed by atoms with Crippen LogP contribution in [-0.2, 0) is 21.7 Å². The Morgan fingerprint density at radius 2 is 1.29 bits per heavy atom. The molecule has 0 bridgehead atoms. The maximum absolute atomic E-state index is 3.17. The van der Waals surface area contributed by atoms with Gasteiger partial charge in [-0.3, -0.25) is 6.08 Å². The number of aryl methyl sites for hydroxylation is 2. The molecule has 0 aromatic heterocycles. The Bertz CT molecular complexity index is 293. The van der Waals surface area contributed by atoms with E-state index < -0.39 is 0 Å². The summed E-state index contributed by atoms with van der Waals surface area (Å²) >= 11 is 0. The first-order chi connectivity index (χ1) is 6.29. The first-order valence-corrected chi connectivity index (χ1v) is 4.46. The van der Waals surface area contributed by atoms with Gasteiger partial charge in [-0.05, 0) is 0 Å². The summed E-state index contributed by atoms with van der Waals surface area (Å²) in [6.07, 6.45) is 10.0. The molecule has 0 saturated heterocycles. The van der Waals surface area contributed by atoms with Gasteiger partial charge in [-0.25, -0.2) is 12.2 Å². The van der Waals surface area contributed by atoms with Crippen molar-refractivity contribution in [3.8, 4) is 0 Å². The van der Waals surface area contributed by atoms with Gasteiger partial charge in [0.05, 0.1) is 0 Å². The maximum Gasteiger partial charge on any atom is 0 e. The van der Waals surface area contributed by atoms with Crippen LogP contribution >= 0.6 is 24.8 Å². The Morgan fingerprint density at radius 1 is 0.857 bits per heavy atom. The van der Waals surface area contributed by atoms with Gasteiger partial charge in [-0.1, -0.05) is 13.8 Å². The number of allylic oxidation sites excluding steroid dienone is 4. The maximum atomic E-state index is 3.17. The van der Waals surface area contributed by atoms with E-state index in [1.807, 2.05) is 44.2 Å². The topological polar surface area (TPSA) is 0 Å². The minimum atomic E-state index is 0. The molecule has 1 aromatic carbocycles. The van der Waals surface area contributed by atoms with E-state index in [1.54, 1.807) is 0 Å². The van der Waals surface area contributed by atoms with Gasteiger partial charge in [-0.15, -0.1) is 31.2 Å². The van der Waals surface area contributed by atoms with Gasteiger partial charge in [0.1, 0.15) is 0 Å². The van der Waals surface area contributed by atoms with E-state index in [0.29, 0.717) is 0 Å². The van der Waals surface area contributed by atoms with Crippen molar-refractivity contribution in [1.29, 1.82) is 0 Å². The molecule has 0 fully saturated rings. The van der Waals surface area contributed by atoms with Gasteiger partial charge in [0, 0.05) is 21.7 Å². The molecule has 0 amide bonds. The first-order valence-electron chi connectivity index (χ1n) is 4.46. The third-order valence-electron chi connectivity index (χ3n) is 1.67. The predicted molar refractivity (Wildman–Crippen MR) is 103 cm³/mol. The van der Waals surface area contributed by atoms with Gasteiger partial charge in [-0.2, -0.15) is 41.5 Å². The second-order valence-electron chi connectivity index (χ2n) is 3.02. The van der Waals surface area contributed by atoms with Gasteiger partial charge >= 0.3 is 0 Å². The van der Waals surface area contributed by atoms with E-state index in [1.165, 1.54) is 11.1 Å². The third-order valence-corrected chi connectivity index (χ3v) is 1.67. The van der Waals surface area contributed by atoms with E-state index in [2.05, 4.69) is 18.2 Å². The van der Waals surface area contributed by atoms with Crippen molar-refractivity contribution in [1.82, 2.24) is 0 Å². The van der Waals surface area contributed by atoms with Gasteiger partial charge in [0.2, 0.25) is 0 Å². The SMILES string of the molecule is Cc1[c-]c(C)ccc1.Cl.Cl.[C-]1=CC=CC1.[CH3-].[CH3-].[CH3-].[CH3-].[CH3-].[Ti]. The minimum absolute atomic E-state index is 0. The van der Waals surface area contributed by atoms with Crippen molar-refractivity contribution in [3.05, 3.63) is 96.8 Å². The molecule has 0 radical (unpaired) electrons. The summed E-state index contributed by atoms with van der Waals surface area (Å²) < 4.78 is 0. The van der Waals surface area contributed by atoms with E-state index in [9.17, 15) is 0 Å². The van der Waals surface area contributed by atoms with Crippen LogP contribution in [0, 0.1) is 63.1 Å². The summed E-state index contributed by atoms with van der Waals surface area (Å²) in [6.45, 7) is 4.10.